The topological polar surface area (TPSA) is 0 Å². The third-order valence-electron chi connectivity index (χ3n) is 7.27. The van der Waals surface area contributed by atoms with Crippen LogP contribution in [0.4, 0.5) is 0 Å². The second-order valence-electron chi connectivity index (χ2n) is 8.91. The first-order chi connectivity index (χ1) is 15.7. The Balaban J connectivity index is 0.000000842. The molecule has 0 N–H and O–H groups in total. The van der Waals surface area contributed by atoms with Gasteiger partial charge in [-0.1, -0.05) is 111 Å². The van der Waals surface area contributed by atoms with Gasteiger partial charge in [0.25, 0.3) is 0 Å². The van der Waals surface area contributed by atoms with Crippen LogP contribution in [0.15, 0.2) is 84.4 Å². The maximum atomic E-state index is 2.47. The van der Waals surface area contributed by atoms with Crippen molar-refractivity contribution in [3.63, 3.8) is 0 Å². The van der Waals surface area contributed by atoms with E-state index in [2.05, 4.69) is 92.7 Å². The van der Waals surface area contributed by atoms with Gasteiger partial charge in [-0.25, -0.2) is 0 Å². The van der Waals surface area contributed by atoms with E-state index in [9.17, 15) is 0 Å². The van der Waals surface area contributed by atoms with Crippen LogP contribution in [-0.2, 0) is 0 Å². The summed E-state index contributed by atoms with van der Waals surface area (Å²) >= 11 is 0. The van der Waals surface area contributed by atoms with Crippen molar-refractivity contribution < 1.29 is 0 Å². The molecule has 3 aromatic rings. The van der Waals surface area contributed by atoms with Crippen LogP contribution >= 0.6 is 0 Å². The second-order valence-corrected chi connectivity index (χ2v) is 8.91. The van der Waals surface area contributed by atoms with E-state index >= 15 is 0 Å². The van der Waals surface area contributed by atoms with Gasteiger partial charge in [-0.3, -0.25) is 0 Å². The van der Waals surface area contributed by atoms with Crippen molar-refractivity contribution in [2.45, 2.75) is 60.3 Å². The predicted octanol–water partition coefficient (Wildman–Crippen LogP) is 7.87. The number of benzene rings is 3. The highest BCUT2D eigenvalue weighted by Gasteiger charge is 2.36. The van der Waals surface area contributed by atoms with Gasteiger partial charge in [-0.15, -0.1) is 0 Å². The van der Waals surface area contributed by atoms with Crippen LogP contribution in [0.5, 0.6) is 0 Å². The molecular formula is C33H36. The zero-order chi connectivity index (χ0) is 22.2. The maximum absolute atomic E-state index is 2.47. The SMILES string of the molecule is C.CC.CC1=c2ccccc2=C(C)C2=C(C1)C1CCC=C(c3ccccc3)c3cccc2c31. The summed E-state index contributed by atoms with van der Waals surface area (Å²) in [4.78, 5) is 0. The first kappa shape index (κ1) is 23.1. The zero-order valence-corrected chi connectivity index (χ0v) is 19.7. The van der Waals surface area contributed by atoms with E-state index in [0.29, 0.717) is 5.92 Å². The number of fused-ring (bicyclic) bond motifs is 3. The molecule has 0 radical (unpaired) electrons. The molecule has 33 heavy (non-hydrogen) atoms. The molecule has 0 heteroatoms. The van der Waals surface area contributed by atoms with Crippen molar-refractivity contribution in [2.24, 2.45) is 0 Å². The summed E-state index contributed by atoms with van der Waals surface area (Å²) in [6.07, 6.45) is 5.90. The maximum Gasteiger partial charge on any atom is 0.00759 e. The minimum Gasteiger partial charge on any atom is -0.0776 e. The Kier molecular flexibility index (Phi) is 6.56. The van der Waals surface area contributed by atoms with Crippen molar-refractivity contribution in [3.8, 4) is 0 Å². The monoisotopic (exact) mass is 432 g/mol. The Morgan fingerprint density at radius 1 is 0.727 bits per heavy atom. The van der Waals surface area contributed by atoms with Gasteiger partial charge in [0.1, 0.15) is 0 Å². The normalized spacial score (nSPS) is 17.9. The second kappa shape index (κ2) is 9.40. The van der Waals surface area contributed by atoms with Crippen LogP contribution in [0.3, 0.4) is 0 Å². The van der Waals surface area contributed by atoms with E-state index in [0.717, 1.165) is 12.8 Å². The van der Waals surface area contributed by atoms with E-state index in [1.165, 1.54) is 55.8 Å². The summed E-state index contributed by atoms with van der Waals surface area (Å²) in [5.74, 6) is 0.530. The first-order valence-electron chi connectivity index (χ1n) is 12.1. The fourth-order valence-electron chi connectivity index (χ4n) is 5.98. The van der Waals surface area contributed by atoms with Crippen LogP contribution in [0.25, 0.3) is 22.3 Å². The molecule has 0 amide bonds. The largest absolute Gasteiger partial charge is 0.0776 e. The van der Waals surface area contributed by atoms with Crippen LogP contribution in [0, 0.1) is 0 Å². The summed E-state index contributed by atoms with van der Waals surface area (Å²) < 4.78 is 0. The lowest BCUT2D eigenvalue weighted by molar-refractivity contribution is 0.721. The molecule has 6 rings (SSSR count). The van der Waals surface area contributed by atoms with Gasteiger partial charge in [0.05, 0.1) is 0 Å². The smallest absolute Gasteiger partial charge is 0.00759 e. The molecule has 0 aliphatic heterocycles. The first-order valence-corrected chi connectivity index (χ1v) is 12.1. The van der Waals surface area contributed by atoms with E-state index in [1.54, 1.807) is 11.1 Å². The lowest BCUT2D eigenvalue weighted by Gasteiger charge is -2.18. The number of allylic oxidation sites excluding steroid dienone is 3. The van der Waals surface area contributed by atoms with E-state index in [4.69, 9.17) is 0 Å². The highest BCUT2D eigenvalue weighted by Crippen LogP contribution is 2.53. The molecule has 0 spiro atoms. The Morgan fingerprint density at radius 3 is 2.15 bits per heavy atom. The molecular weight excluding hydrogens is 396 g/mol. The minimum absolute atomic E-state index is 0. The molecule has 168 valence electrons. The van der Waals surface area contributed by atoms with Gasteiger partial charge in [-0.2, -0.15) is 0 Å². The molecule has 3 aromatic carbocycles. The fraction of sp³-hybridized carbons (Fsp3) is 0.273. The van der Waals surface area contributed by atoms with Gasteiger partial charge in [0.2, 0.25) is 0 Å². The van der Waals surface area contributed by atoms with Crippen LogP contribution in [0.2, 0.25) is 0 Å². The number of hydrogen-bond acceptors (Lipinski definition) is 0. The molecule has 0 heterocycles. The van der Waals surface area contributed by atoms with Crippen molar-refractivity contribution in [1.29, 1.82) is 0 Å². The predicted molar refractivity (Wildman–Crippen MR) is 145 cm³/mol. The molecule has 0 saturated carbocycles. The van der Waals surface area contributed by atoms with Crippen LogP contribution in [0.1, 0.15) is 82.6 Å². The van der Waals surface area contributed by atoms with E-state index in [-0.39, 0.29) is 7.43 Å². The van der Waals surface area contributed by atoms with Crippen molar-refractivity contribution in [3.05, 3.63) is 117 Å². The van der Waals surface area contributed by atoms with Crippen molar-refractivity contribution >= 4 is 22.3 Å². The number of rotatable bonds is 1. The summed E-state index contributed by atoms with van der Waals surface area (Å²) in [5, 5.41) is 2.84. The standard InChI is InChI=1S/C30H26.C2H6.CH4/c1-19-18-28-26-16-8-14-24(21-10-4-3-5-11-21)25-15-9-17-27(30(25)26)29(28)20(2)23-13-7-6-12-22(19)23;1-2;/h3-7,9-15,17,26H,8,16,18H2,1-2H3;1-2H3;1H4. The average molecular weight is 433 g/mol. The van der Waals surface area contributed by atoms with Gasteiger partial charge in [0, 0.05) is 5.92 Å². The molecule has 0 bridgehead atoms. The molecule has 0 nitrogen and oxygen atoms in total. The van der Waals surface area contributed by atoms with Gasteiger partial charge in [0.15, 0.2) is 0 Å². The van der Waals surface area contributed by atoms with E-state index < -0.39 is 0 Å². The molecule has 3 aliphatic rings. The summed E-state index contributed by atoms with van der Waals surface area (Å²) in [6.45, 7) is 8.67. The highest BCUT2D eigenvalue weighted by atomic mass is 14.4. The third-order valence-corrected chi connectivity index (χ3v) is 7.27. The Hall–Kier alpha value is -3.12. The molecule has 0 saturated heterocycles. The van der Waals surface area contributed by atoms with Crippen molar-refractivity contribution in [2.75, 3.05) is 0 Å². The summed E-state index contributed by atoms with van der Waals surface area (Å²) in [7, 11) is 0. The van der Waals surface area contributed by atoms with Gasteiger partial charge < -0.3 is 0 Å². The van der Waals surface area contributed by atoms with Crippen molar-refractivity contribution in [1.82, 2.24) is 0 Å². The molecule has 0 fully saturated rings. The summed E-state index contributed by atoms with van der Waals surface area (Å²) in [5.41, 5.74) is 13.3. The van der Waals surface area contributed by atoms with Crippen LogP contribution < -0.4 is 10.4 Å². The van der Waals surface area contributed by atoms with Gasteiger partial charge >= 0.3 is 0 Å². The van der Waals surface area contributed by atoms with Gasteiger partial charge in [-0.05, 0) is 82.5 Å². The molecule has 3 aliphatic carbocycles. The third kappa shape index (κ3) is 3.62. The Bertz CT molecular complexity index is 1360. The molecule has 1 unspecified atom stereocenters. The lowest BCUT2D eigenvalue weighted by Crippen LogP contribution is -2.27. The fourth-order valence-corrected chi connectivity index (χ4v) is 5.98. The zero-order valence-electron chi connectivity index (χ0n) is 19.7. The molecule has 0 aromatic heterocycles. The average Bonchev–Trinajstić information content (AvgIpc) is 2.96. The summed E-state index contributed by atoms with van der Waals surface area (Å²) in [6, 6.07) is 26.9. The Morgan fingerprint density at radius 2 is 1.39 bits per heavy atom. The lowest BCUT2D eigenvalue weighted by atomic mass is 9.85. The highest BCUT2D eigenvalue weighted by molar-refractivity contribution is 6.05. The minimum atomic E-state index is 0. The number of hydrogen-bond donors (Lipinski definition) is 0. The molecule has 1 atom stereocenters. The Labute approximate surface area is 199 Å². The quantitative estimate of drug-likeness (QED) is 0.367. The van der Waals surface area contributed by atoms with Crippen LogP contribution in [-0.4, -0.2) is 0 Å². The van der Waals surface area contributed by atoms with E-state index in [1.807, 2.05) is 13.8 Å².